The maximum Gasteiger partial charge on any atom is 0.305 e. The second kappa shape index (κ2) is 16.5. The van der Waals surface area contributed by atoms with Gasteiger partial charge in [0, 0.05) is 24.2 Å². The second-order valence-electron chi connectivity index (χ2n) is 15.1. The van der Waals surface area contributed by atoms with Crippen molar-refractivity contribution in [2.24, 2.45) is 11.5 Å². The Morgan fingerprint density at radius 1 is 0.542 bits per heavy atom. The maximum atomic E-state index is 14.2. The second-order valence-corrected chi connectivity index (χ2v) is 15.1. The zero-order chi connectivity index (χ0) is 41.9. The van der Waals surface area contributed by atoms with E-state index in [9.17, 15) is 39.0 Å². The number of nitrogens with zero attached hydrogens (tertiary/aromatic N) is 2. The summed E-state index contributed by atoms with van der Waals surface area (Å²) in [4.78, 5) is 81.7. The average molecular weight is 797 g/mol. The molecule has 7 rings (SSSR count). The van der Waals surface area contributed by atoms with E-state index >= 15 is 0 Å². The van der Waals surface area contributed by atoms with Crippen LogP contribution in [0.5, 0.6) is 0 Å². The van der Waals surface area contributed by atoms with Crippen LogP contribution in [0.2, 0.25) is 0 Å². The highest BCUT2D eigenvalue weighted by molar-refractivity contribution is 6.13. The Labute approximate surface area is 340 Å². The summed E-state index contributed by atoms with van der Waals surface area (Å²) in [5.74, 6) is -4.72. The lowest BCUT2D eigenvalue weighted by Crippen LogP contribution is -2.55. The van der Waals surface area contributed by atoms with Crippen LogP contribution in [0.4, 0.5) is 0 Å². The third-order valence-corrected chi connectivity index (χ3v) is 11.7. The number of aliphatic carboxylic acids is 2. The molecule has 59 heavy (non-hydrogen) atoms. The van der Waals surface area contributed by atoms with Crippen LogP contribution in [-0.2, 0) is 39.6 Å². The smallest absolute Gasteiger partial charge is 0.305 e. The van der Waals surface area contributed by atoms with Gasteiger partial charge in [-0.25, -0.2) is 0 Å². The molecule has 2 saturated heterocycles. The van der Waals surface area contributed by atoms with Gasteiger partial charge in [-0.3, -0.25) is 28.8 Å². The quantitative estimate of drug-likeness (QED) is 0.101. The summed E-state index contributed by atoms with van der Waals surface area (Å²) in [5.41, 5.74) is 11.2. The summed E-state index contributed by atoms with van der Waals surface area (Å²) in [6, 6.07) is 34.2. The van der Waals surface area contributed by atoms with Crippen LogP contribution in [0, 0.1) is 0 Å². The molecule has 0 bridgehead atoms. The number of carbonyl (C=O) groups is 6. The van der Waals surface area contributed by atoms with E-state index in [1.807, 2.05) is 60.7 Å². The number of carboxylic acids is 2. The average Bonchev–Trinajstić information content (AvgIpc) is 4.04. The number of carboxylic acid groups (broad SMARTS) is 2. The third-order valence-electron chi connectivity index (χ3n) is 11.7. The number of primary amides is 2. The topological polar surface area (TPSA) is 215 Å². The number of hydrogen-bond acceptors (Lipinski definition) is 7. The molecule has 0 saturated carbocycles. The van der Waals surface area contributed by atoms with Gasteiger partial charge in [0.15, 0.2) is 10.8 Å². The molecule has 4 aromatic carbocycles. The molecule has 13 heteroatoms. The first kappa shape index (κ1) is 40.2. The summed E-state index contributed by atoms with van der Waals surface area (Å²) in [7, 11) is 0. The predicted octanol–water partition coefficient (Wildman–Crippen LogP) is 5.74. The van der Waals surface area contributed by atoms with Crippen LogP contribution < -0.4 is 11.5 Å². The molecule has 4 atom stereocenters. The van der Waals surface area contributed by atoms with E-state index in [4.69, 9.17) is 15.9 Å². The van der Waals surface area contributed by atoms with Crippen molar-refractivity contribution in [3.63, 3.8) is 0 Å². The zero-order valence-corrected chi connectivity index (χ0v) is 32.2. The number of hydrogen-bond donors (Lipinski definition) is 4. The molecule has 3 heterocycles. The number of furan rings is 1. The summed E-state index contributed by atoms with van der Waals surface area (Å²) >= 11 is 0. The van der Waals surface area contributed by atoms with E-state index in [0.717, 1.165) is 22.3 Å². The molecular formula is C46H44N4O9. The van der Waals surface area contributed by atoms with E-state index in [0.29, 0.717) is 50.3 Å². The monoisotopic (exact) mass is 796 g/mol. The minimum absolute atomic E-state index is 0.239. The Morgan fingerprint density at radius 3 is 1.22 bits per heavy atom. The van der Waals surface area contributed by atoms with Crippen molar-refractivity contribution in [1.29, 1.82) is 0 Å². The van der Waals surface area contributed by atoms with Gasteiger partial charge in [-0.05, 0) is 60.1 Å². The molecular weight excluding hydrogens is 753 g/mol. The Morgan fingerprint density at radius 2 is 0.898 bits per heavy atom. The SMILES string of the molecule is NC(=O)[C@](CC(=O)O)(C(=O)N1CCC[C@H]1c1ccc(-c2ccc(-c3ccc([C@@H]4CCCN4C(=O)[C@@](CC(=O)O)(C(N)=O)c4ccccc4)cc3)o2)cc1)c1ccccc1. The molecule has 13 nitrogen and oxygen atoms in total. The van der Waals surface area contributed by atoms with Crippen LogP contribution >= 0.6 is 0 Å². The molecule has 0 spiro atoms. The fourth-order valence-corrected chi connectivity index (χ4v) is 8.76. The van der Waals surface area contributed by atoms with Crippen molar-refractivity contribution in [2.75, 3.05) is 13.1 Å². The highest BCUT2D eigenvalue weighted by atomic mass is 16.4. The van der Waals surface area contributed by atoms with Gasteiger partial charge in [0.2, 0.25) is 23.6 Å². The Balaban J connectivity index is 1.08. The maximum absolute atomic E-state index is 14.2. The van der Waals surface area contributed by atoms with Crippen molar-refractivity contribution in [1.82, 2.24) is 9.80 Å². The van der Waals surface area contributed by atoms with Crippen LogP contribution in [0.15, 0.2) is 126 Å². The van der Waals surface area contributed by atoms with Crippen LogP contribution in [0.1, 0.15) is 72.9 Å². The molecule has 1 aromatic heterocycles. The first-order valence-electron chi connectivity index (χ1n) is 19.4. The summed E-state index contributed by atoms with van der Waals surface area (Å²) in [5, 5.41) is 19.6. The van der Waals surface area contributed by atoms with Gasteiger partial charge in [0.25, 0.3) is 0 Å². The van der Waals surface area contributed by atoms with Crippen LogP contribution in [0.25, 0.3) is 22.6 Å². The van der Waals surface area contributed by atoms with E-state index in [-0.39, 0.29) is 11.1 Å². The molecule has 0 radical (unpaired) electrons. The summed E-state index contributed by atoms with van der Waals surface area (Å²) in [6.45, 7) is 0.684. The molecule has 0 unspecified atom stereocenters. The largest absolute Gasteiger partial charge is 0.481 e. The fraction of sp³-hybridized carbons (Fsp3) is 0.261. The number of amides is 4. The fourth-order valence-electron chi connectivity index (χ4n) is 8.76. The summed E-state index contributed by atoms with van der Waals surface area (Å²) in [6.07, 6.45) is 1.04. The van der Waals surface area contributed by atoms with Crippen LogP contribution in [-0.4, -0.2) is 68.7 Å². The van der Waals surface area contributed by atoms with Crippen molar-refractivity contribution < 1.29 is 43.4 Å². The molecule has 2 aliphatic heterocycles. The van der Waals surface area contributed by atoms with E-state index in [2.05, 4.69) is 0 Å². The standard InChI is InChI=1S/C46H44N4O9/c47-41(55)45(27-39(51)52,33-9-3-1-4-10-33)43(57)49-25-7-13-35(49)29-15-19-31(20-16-29)37-23-24-38(59-37)32-21-17-30(18-22-32)36-14-8-26-50(36)44(58)46(42(48)56,28-40(53)54)34-11-5-2-6-12-34/h1-6,9-12,15-24,35-36H,7-8,13-14,25-28H2,(H2,47,55)(H2,48,56)(H,51,52)(H,53,54)/t35-,36-,45+,46+/m0/s1. The van der Waals surface area contributed by atoms with Gasteiger partial charge in [-0.2, -0.15) is 0 Å². The van der Waals surface area contributed by atoms with E-state index < -0.39 is 71.3 Å². The van der Waals surface area contributed by atoms with Gasteiger partial charge >= 0.3 is 11.9 Å². The molecule has 0 aliphatic carbocycles. The van der Waals surface area contributed by atoms with Crippen molar-refractivity contribution >= 4 is 35.6 Å². The van der Waals surface area contributed by atoms with Gasteiger partial charge in [0.1, 0.15) is 11.5 Å². The van der Waals surface area contributed by atoms with Crippen molar-refractivity contribution in [3.8, 4) is 22.6 Å². The first-order chi connectivity index (χ1) is 28.4. The molecule has 4 amide bonds. The van der Waals surface area contributed by atoms with Gasteiger partial charge in [0.05, 0.1) is 24.9 Å². The van der Waals surface area contributed by atoms with E-state index in [1.54, 1.807) is 70.5 Å². The number of rotatable bonds is 14. The van der Waals surface area contributed by atoms with Crippen molar-refractivity contribution in [2.45, 2.75) is 61.4 Å². The highest BCUT2D eigenvalue weighted by Gasteiger charge is 2.53. The molecule has 5 aromatic rings. The Hall–Kier alpha value is -7.02. The zero-order valence-electron chi connectivity index (χ0n) is 32.2. The number of benzene rings is 4. The molecule has 6 N–H and O–H groups in total. The lowest BCUT2D eigenvalue weighted by Gasteiger charge is -2.35. The van der Waals surface area contributed by atoms with Crippen molar-refractivity contribution in [3.05, 3.63) is 144 Å². The number of likely N-dealkylation sites (tertiary alicyclic amines) is 2. The third kappa shape index (κ3) is 7.47. The normalized spacial score (nSPS) is 18.4. The Bertz CT molecular complexity index is 2220. The first-order valence-corrected chi connectivity index (χ1v) is 19.4. The minimum Gasteiger partial charge on any atom is -0.481 e. The van der Waals surface area contributed by atoms with E-state index in [1.165, 1.54) is 0 Å². The molecule has 2 fully saturated rings. The minimum atomic E-state index is -2.06. The lowest BCUT2D eigenvalue weighted by atomic mass is 9.75. The lowest BCUT2D eigenvalue weighted by molar-refractivity contribution is -0.151. The number of nitrogens with two attached hydrogens (primary N) is 2. The highest BCUT2D eigenvalue weighted by Crippen LogP contribution is 2.42. The number of carbonyl (C=O) groups excluding carboxylic acids is 4. The van der Waals surface area contributed by atoms with Gasteiger partial charge < -0.3 is 35.9 Å². The molecule has 2 aliphatic rings. The Kier molecular flexibility index (Phi) is 11.2. The molecule has 302 valence electrons. The predicted molar refractivity (Wildman–Crippen MR) is 216 cm³/mol. The van der Waals surface area contributed by atoms with Gasteiger partial charge in [-0.15, -0.1) is 0 Å². The van der Waals surface area contributed by atoms with Gasteiger partial charge in [-0.1, -0.05) is 109 Å². The van der Waals surface area contributed by atoms with Crippen LogP contribution in [0.3, 0.4) is 0 Å². The summed E-state index contributed by atoms with van der Waals surface area (Å²) < 4.78 is 6.28.